The molecule has 0 aliphatic rings. The van der Waals surface area contributed by atoms with E-state index in [0.29, 0.717) is 23.1 Å². The lowest BCUT2D eigenvalue weighted by atomic mass is 10.1. The first kappa shape index (κ1) is 20.5. The minimum atomic E-state index is -3.97. The van der Waals surface area contributed by atoms with Crippen molar-refractivity contribution < 1.29 is 18.6 Å². The Morgan fingerprint density at radius 3 is 2.35 bits per heavy atom. The highest BCUT2D eigenvalue weighted by molar-refractivity contribution is 7.92. The number of pyridine rings is 1. The number of hydrogen-bond donors (Lipinski definition) is 4. The van der Waals surface area contributed by atoms with Crippen molar-refractivity contribution in [3.05, 3.63) is 72.6 Å². The fraction of sp³-hybridized carbons (Fsp3) is 0.0952. The number of anilines is 3. The van der Waals surface area contributed by atoms with Gasteiger partial charge in [-0.3, -0.25) is 9.71 Å². The van der Waals surface area contributed by atoms with Crippen LogP contribution in [0.4, 0.5) is 17.3 Å². The van der Waals surface area contributed by atoms with Gasteiger partial charge in [-0.05, 0) is 42.3 Å². The van der Waals surface area contributed by atoms with Crippen LogP contribution in [0.3, 0.4) is 0 Å². The fourth-order valence-corrected chi connectivity index (χ4v) is 3.97. The summed E-state index contributed by atoms with van der Waals surface area (Å²) in [5.41, 5.74) is 2.25. The second-order valence-electron chi connectivity index (χ2n) is 6.64. The van der Waals surface area contributed by atoms with Gasteiger partial charge in [0.05, 0.1) is 11.0 Å². The number of aromatic nitrogens is 3. The fourth-order valence-electron chi connectivity index (χ4n) is 3.00. The van der Waals surface area contributed by atoms with Gasteiger partial charge >= 0.3 is 0 Å². The Morgan fingerprint density at radius 2 is 1.68 bits per heavy atom. The second-order valence-corrected chi connectivity index (χ2v) is 8.33. The van der Waals surface area contributed by atoms with Crippen molar-refractivity contribution in [2.75, 3.05) is 16.6 Å². The number of sulfonamides is 1. The monoisotopic (exact) mass is 437 g/mol. The lowest BCUT2D eigenvalue weighted by molar-refractivity contribution is 0.299. The van der Waals surface area contributed by atoms with Crippen LogP contribution in [-0.2, 0) is 16.4 Å². The molecule has 0 amide bonds. The number of para-hydroxylation sites is 2. The van der Waals surface area contributed by atoms with E-state index in [4.69, 9.17) is 0 Å². The Kier molecular flexibility index (Phi) is 5.65. The summed E-state index contributed by atoms with van der Waals surface area (Å²) in [6.45, 7) is -0.0939. The number of hydrogen-bond acceptors (Lipinski definition) is 8. The molecule has 0 aliphatic carbocycles. The van der Waals surface area contributed by atoms with E-state index in [1.807, 2.05) is 0 Å². The summed E-state index contributed by atoms with van der Waals surface area (Å²) < 4.78 is 28.2. The van der Waals surface area contributed by atoms with E-state index in [2.05, 4.69) is 25.0 Å². The molecular formula is C21H19N5O4S. The van der Waals surface area contributed by atoms with Gasteiger partial charge in [0.25, 0.3) is 10.0 Å². The Hall–Kier alpha value is -3.76. The molecule has 0 fully saturated rings. The summed E-state index contributed by atoms with van der Waals surface area (Å²) >= 11 is 0. The molecule has 2 aromatic heterocycles. The number of benzene rings is 2. The van der Waals surface area contributed by atoms with E-state index >= 15 is 0 Å². The minimum Gasteiger partial charge on any atom is -0.508 e. The van der Waals surface area contributed by atoms with Gasteiger partial charge in [-0.25, -0.2) is 18.4 Å². The first-order valence-electron chi connectivity index (χ1n) is 9.36. The molecule has 0 radical (unpaired) electrons. The Labute approximate surface area is 178 Å². The van der Waals surface area contributed by atoms with Crippen molar-refractivity contribution in [1.82, 2.24) is 15.0 Å². The zero-order chi connectivity index (χ0) is 21.8. The maximum Gasteiger partial charge on any atom is 0.264 e. The van der Waals surface area contributed by atoms with E-state index < -0.39 is 10.0 Å². The van der Waals surface area contributed by atoms with Crippen LogP contribution in [0.5, 0.6) is 5.75 Å². The predicted octanol–water partition coefficient (Wildman–Crippen LogP) is 2.81. The molecule has 0 aliphatic heterocycles. The van der Waals surface area contributed by atoms with Crippen LogP contribution in [-0.4, -0.2) is 40.2 Å². The first-order valence-corrected chi connectivity index (χ1v) is 10.8. The van der Waals surface area contributed by atoms with Crippen LogP contribution < -0.4 is 10.0 Å². The molecule has 0 saturated carbocycles. The molecule has 2 aromatic carbocycles. The zero-order valence-electron chi connectivity index (χ0n) is 16.2. The van der Waals surface area contributed by atoms with Crippen molar-refractivity contribution in [3.8, 4) is 5.75 Å². The lowest BCUT2D eigenvalue weighted by Gasteiger charge is -2.16. The van der Waals surface area contributed by atoms with Crippen molar-refractivity contribution in [1.29, 1.82) is 0 Å². The van der Waals surface area contributed by atoms with Gasteiger partial charge in [0.2, 0.25) is 0 Å². The SMILES string of the molecule is O=S(=O)(Nc1nc2ccccc2nc1Nc1cc(O)ccc1CCO)c1cccnc1. The summed E-state index contributed by atoms with van der Waals surface area (Å²) in [7, 11) is -3.97. The molecule has 4 aromatic rings. The summed E-state index contributed by atoms with van der Waals surface area (Å²) in [4.78, 5) is 12.8. The number of aliphatic hydroxyl groups is 1. The molecule has 10 heteroatoms. The number of fused-ring (bicyclic) bond motifs is 1. The highest BCUT2D eigenvalue weighted by Crippen LogP contribution is 2.30. The average Bonchev–Trinajstić information content (AvgIpc) is 2.76. The largest absolute Gasteiger partial charge is 0.508 e. The van der Waals surface area contributed by atoms with Gasteiger partial charge < -0.3 is 15.5 Å². The minimum absolute atomic E-state index is 0.00966. The van der Waals surface area contributed by atoms with Gasteiger partial charge in [-0.15, -0.1) is 0 Å². The van der Waals surface area contributed by atoms with E-state index in [0.717, 1.165) is 5.56 Å². The van der Waals surface area contributed by atoms with Gasteiger partial charge in [-0.1, -0.05) is 18.2 Å². The Morgan fingerprint density at radius 1 is 0.935 bits per heavy atom. The van der Waals surface area contributed by atoms with Crippen molar-refractivity contribution in [3.63, 3.8) is 0 Å². The Bertz CT molecular complexity index is 1330. The van der Waals surface area contributed by atoms with E-state index in [9.17, 15) is 18.6 Å². The number of aromatic hydroxyl groups is 1. The molecule has 2 heterocycles. The quantitative estimate of drug-likeness (QED) is 0.346. The summed E-state index contributed by atoms with van der Waals surface area (Å²) in [6.07, 6.45) is 3.05. The van der Waals surface area contributed by atoms with Crippen LogP contribution in [0, 0.1) is 0 Å². The van der Waals surface area contributed by atoms with Gasteiger partial charge in [0, 0.05) is 30.8 Å². The summed E-state index contributed by atoms with van der Waals surface area (Å²) in [5, 5.41) is 22.3. The number of phenols is 1. The van der Waals surface area contributed by atoms with E-state index in [1.54, 1.807) is 30.3 Å². The van der Waals surface area contributed by atoms with Crippen LogP contribution in [0.2, 0.25) is 0 Å². The van der Waals surface area contributed by atoms with Gasteiger partial charge in [-0.2, -0.15) is 0 Å². The number of nitrogens with zero attached hydrogens (tertiary/aromatic N) is 3. The molecule has 0 spiro atoms. The molecular weight excluding hydrogens is 418 g/mol. The molecule has 0 saturated heterocycles. The van der Waals surface area contributed by atoms with Crippen molar-refractivity contribution in [2.24, 2.45) is 0 Å². The van der Waals surface area contributed by atoms with Crippen molar-refractivity contribution in [2.45, 2.75) is 11.3 Å². The predicted molar refractivity (Wildman–Crippen MR) is 117 cm³/mol. The highest BCUT2D eigenvalue weighted by Gasteiger charge is 2.20. The Balaban J connectivity index is 1.80. The third-order valence-corrected chi connectivity index (χ3v) is 5.80. The van der Waals surface area contributed by atoms with Crippen LogP contribution in [0.25, 0.3) is 11.0 Å². The van der Waals surface area contributed by atoms with Gasteiger partial charge in [0.1, 0.15) is 10.6 Å². The number of nitrogens with one attached hydrogen (secondary N) is 2. The maximum absolute atomic E-state index is 12.8. The topological polar surface area (TPSA) is 137 Å². The summed E-state index contributed by atoms with van der Waals surface area (Å²) in [5.74, 6) is 0.146. The van der Waals surface area contributed by atoms with Crippen LogP contribution >= 0.6 is 0 Å². The highest BCUT2D eigenvalue weighted by atomic mass is 32.2. The molecule has 9 nitrogen and oxygen atoms in total. The normalized spacial score (nSPS) is 11.4. The average molecular weight is 437 g/mol. The molecule has 31 heavy (non-hydrogen) atoms. The third-order valence-electron chi connectivity index (χ3n) is 4.47. The third kappa shape index (κ3) is 4.55. The van der Waals surface area contributed by atoms with Crippen molar-refractivity contribution >= 4 is 38.4 Å². The number of rotatable bonds is 7. The lowest BCUT2D eigenvalue weighted by Crippen LogP contribution is -2.16. The molecule has 0 atom stereocenters. The van der Waals surface area contributed by atoms with Crippen LogP contribution in [0.15, 0.2) is 71.9 Å². The molecule has 158 valence electrons. The molecule has 4 N–H and O–H groups in total. The van der Waals surface area contributed by atoms with Crippen LogP contribution in [0.1, 0.15) is 5.56 Å². The standard InChI is InChI=1S/C21H19N5O4S/c27-11-9-14-7-8-15(28)12-19(14)25-20-21(24-18-6-2-1-5-17(18)23-20)26-31(29,30)16-4-3-10-22-13-16/h1-8,10,12-13,27-28H,9,11H2,(H,23,25)(H,24,26). The number of phenolic OH excluding ortho intramolecular Hbond substituents is 1. The zero-order valence-corrected chi connectivity index (χ0v) is 17.0. The first-order chi connectivity index (χ1) is 15.0. The molecule has 4 rings (SSSR count). The summed E-state index contributed by atoms with van der Waals surface area (Å²) in [6, 6.07) is 14.6. The smallest absolute Gasteiger partial charge is 0.264 e. The van der Waals surface area contributed by atoms with E-state index in [1.165, 1.54) is 36.7 Å². The molecule has 0 unspecified atom stereocenters. The second kappa shape index (κ2) is 8.54. The molecule has 0 bridgehead atoms. The number of aliphatic hydroxyl groups excluding tert-OH is 1. The maximum atomic E-state index is 12.8. The van der Waals surface area contributed by atoms with Gasteiger partial charge in [0.15, 0.2) is 11.6 Å². The van der Waals surface area contributed by atoms with E-state index in [-0.39, 0.29) is 28.9 Å².